The van der Waals surface area contributed by atoms with Crippen molar-refractivity contribution in [3.63, 3.8) is 0 Å². The number of benzene rings is 1. The van der Waals surface area contributed by atoms with Gasteiger partial charge in [0.15, 0.2) is 5.82 Å². The van der Waals surface area contributed by atoms with Gasteiger partial charge in [-0.15, -0.1) is 5.10 Å². The van der Waals surface area contributed by atoms with E-state index in [9.17, 15) is 17.6 Å². The molecular weight excluding hydrogens is 398 g/mol. The minimum absolute atomic E-state index is 0.0310. The molecule has 0 amide bonds. The number of halogens is 4. The maximum Gasteiger partial charge on any atom is 0.266 e. The summed E-state index contributed by atoms with van der Waals surface area (Å²) in [7, 11) is 0. The number of nitrogens with zero attached hydrogens (tertiary/aromatic N) is 4. The first-order valence-corrected chi connectivity index (χ1v) is 9.75. The van der Waals surface area contributed by atoms with Crippen molar-refractivity contribution in [1.82, 2.24) is 15.2 Å². The summed E-state index contributed by atoms with van der Waals surface area (Å²) in [5, 5.41) is 11.9. The third-order valence-electron chi connectivity index (χ3n) is 5.35. The Morgan fingerprint density at radius 1 is 1.20 bits per heavy atom. The molecular formula is C21H21F4N5. The second kappa shape index (κ2) is 8.41. The molecule has 0 radical (unpaired) electrons. The molecule has 4 rings (SSSR count). The summed E-state index contributed by atoms with van der Waals surface area (Å²) in [5.41, 5.74) is 1.59. The van der Waals surface area contributed by atoms with Crippen molar-refractivity contribution in [3.8, 4) is 0 Å². The fourth-order valence-corrected chi connectivity index (χ4v) is 3.64. The van der Waals surface area contributed by atoms with Gasteiger partial charge in [-0.3, -0.25) is 4.98 Å². The van der Waals surface area contributed by atoms with Crippen LogP contribution in [0.25, 0.3) is 10.9 Å². The van der Waals surface area contributed by atoms with Crippen LogP contribution < -0.4 is 10.2 Å². The SMILES string of the molecule is Cc1nnc(NCc2cccc(C(F)F)c2F)c2cc(N3CCC(F)CC3)cnc12. The Bertz CT molecular complexity index is 1050. The van der Waals surface area contributed by atoms with E-state index < -0.39 is 24.0 Å². The number of anilines is 2. The highest BCUT2D eigenvalue weighted by atomic mass is 19.3. The highest BCUT2D eigenvalue weighted by Crippen LogP contribution is 2.29. The molecule has 0 aliphatic carbocycles. The Morgan fingerprint density at radius 3 is 2.70 bits per heavy atom. The zero-order chi connectivity index (χ0) is 21.3. The smallest absolute Gasteiger partial charge is 0.266 e. The summed E-state index contributed by atoms with van der Waals surface area (Å²) in [6.07, 6.45) is -0.998. The van der Waals surface area contributed by atoms with Crippen LogP contribution in [0.15, 0.2) is 30.5 Å². The van der Waals surface area contributed by atoms with Crippen molar-refractivity contribution in [3.05, 3.63) is 53.1 Å². The summed E-state index contributed by atoms with van der Waals surface area (Å²) in [4.78, 5) is 6.56. The molecule has 0 spiro atoms. The number of aryl methyl sites for hydroxylation is 1. The largest absolute Gasteiger partial charge is 0.370 e. The molecule has 1 aliphatic rings. The van der Waals surface area contributed by atoms with Crippen LogP contribution in [0.3, 0.4) is 0 Å². The van der Waals surface area contributed by atoms with Gasteiger partial charge in [0, 0.05) is 30.6 Å². The molecule has 1 aliphatic heterocycles. The van der Waals surface area contributed by atoms with E-state index in [1.165, 1.54) is 12.1 Å². The van der Waals surface area contributed by atoms with Gasteiger partial charge in [-0.1, -0.05) is 18.2 Å². The quantitative estimate of drug-likeness (QED) is 0.593. The average molecular weight is 419 g/mol. The molecule has 3 aromatic rings. The van der Waals surface area contributed by atoms with E-state index in [1.807, 2.05) is 6.07 Å². The maximum atomic E-state index is 14.3. The van der Waals surface area contributed by atoms with Gasteiger partial charge < -0.3 is 10.2 Å². The van der Waals surface area contributed by atoms with Crippen LogP contribution in [0.5, 0.6) is 0 Å². The fraction of sp³-hybridized carbons (Fsp3) is 0.381. The topological polar surface area (TPSA) is 53.9 Å². The van der Waals surface area contributed by atoms with Crippen molar-refractivity contribution < 1.29 is 17.6 Å². The van der Waals surface area contributed by atoms with E-state index in [2.05, 4.69) is 25.4 Å². The number of rotatable bonds is 5. The van der Waals surface area contributed by atoms with Crippen molar-refractivity contribution in [2.24, 2.45) is 0 Å². The third-order valence-corrected chi connectivity index (χ3v) is 5.35. The predicted molar refractivity (Wildman–Crippen MR) is 107 cm³/mol. The lowest BCUT2D eigenvalue weighted by atomic mass is 10.1. The summed E-state index contributed by atoms with van der Waals surface area (Å²) in [6.45, 7) is 2.95. The summed E-state index contributed by atoms with van der Waals surface area (Å²) in [6, 6.07) is 5.82. The van der Waals surface area contributed by atoms with Crippen molar-refractivity contribution in [2.75, 3.05) is 23.3 Å². The van der Waals surface area contributed by atoms with E-state index in [1.54, 1.807) is 13.1 Å². The number of hydrogen-bond donors (Lipinski definition) is 1. The highest BCUT2D eigenvalue weighted by molar-refractivity contribution is 5.92. The van der Waals surface area contributed by atoms with Gasteiger partial charge in [-0.2, -0.15) is 5.10 Å². The van der Waals surface area contributed by atoms with Crippen LogP contribution in [-0.2, 0) is 6.54 Å². The maximum absolute atomic E-state index is 14.3. The molecule has 5 nitrogen and oxygen atoms in total. The number of fused-ring (bicyclic) bond motifs is 1. The molecule has 1 aromatic carbocycles. The number of alkyl halides is 3. The minimum atomic E-state index is -2.88. The van der Waals surface area contributed by atoms with Crippen molar-refractivity contribution >= 4 is 22.4 Å². The van der Waals surface area contributed by atoms with Gasteiger partial charge in [0.1, 0.15) is 12.0 Å². The number of nitrogens with one attached hydrogen (secondary N) is 1. The van der Waals surface area contributed by atoms with Crippen molar-refractivity contribution in [1.29, 1.82) is 0 Å². The van der Waals surface area contributed by atoms with Crippen LogP contribution in [-0.4, -0.2) is 34.4 Å². The van der Waals surface area contributed by atoms with Gasteiger partial charge in [0.2, 0.25) is 0 Å². The van der Waals surface area contributed by atoms with Crippen LogP contribution in [0.1, 0.15) is 36.1 Å². The van der Waals surface area contributed by atoms with Crippen LogP contribution in [0.2, 0.25) is 0 Å². The monoisotopic (exact) mass is 419 g/mol. The fourth-order valence-electron chi connectivity index (χ4n) is 3.64. The zero-order valence-corrected chi connectivity index (χ0v) is 16.4. The summed E-state index contributed by atoms with van der Waals surface area (Å²) < 4.78 is 53.7. The van der Waals surface area contributed by atoms with E-state index in [-0.39, 0.29) is 12.1 Å². The Kier molecular flexibility index (Phi) is 5.69. The van der Waals surface area contributed by atoms with Crippen LogP contribution in [0.4, 0.5) is 29.1 Å². The molecule has 0 bridgehead atoms. The average Bonchev–Trinajstić information content (AvgIpc) is 2.74. The molecule has 0 atom stereocenters. The van der Waals surface area contributed by atoms with E-state index in [0.717, 1.165) is 11.8 Å². The van der Waals surface area contributed by atoms with Crippen molar-refractivity contribution in [2.45, 2.75) is 38.9 Å². The molecule has 3 heterocycles. The second-order valence-corrected chi connectivity index (χ2v) is 7.36. The molecule has 0 unspecified atom stereocenters. The second-order valence-electron chi connectivity index (χ2n) is 7.36. The Labute approximate surface area is 171 Å². The minimum Gasteiger partial charge on any atom is -0.370 e. The highest BCUT2D eigenvalue weighted by Gasteiger charge is 2.20. The molecule has 30 heavy (non-hydrogen) atoms. The van der Waals surface area contributed by atoms with Gasteiger partial charge in [0.25, 0.3) is 6.43 Å². The first-order valence-electron chi connectivity index (χ1n) is 9.75. The van der Waals surface area contributed by atoms with E-state index in [4.69, 9.17) is 0 Å². The van der Waals surface area contributed by atoms with Gasteiger partial charge in [-0.25, -0.2) is 17.6 Å². The Morgan fingerprint density at radius 2 is 1.97 bits per heavy atom. The molecule has 1 N–H and O–H groups in total. The van der Waals surface area contributed by atoms with Crippen LogP contribution >= 0.6 is 0 Å². The Balaban J connectivity index is 1.63. The first-order chi connectivity index (χ1) is 14.4. The molecule has 1 saturated heterocycles. The van der Waals surface area contributed by atoms with Gasteiger partial charge in [-0.05, 0) is 25.8 Å². The van der Waals surface area contributed by atoms with E-state index >= 15 is 0 Å². The number of piperidine rings is 1. The lowest BCUT2D eigenvalue weighted by Gasteiger charge is -2.30. The first kappa shape index (κ1) is 20.3. The molecule has 0 saturated carbocycles. The molecule has 2 aromatic heterocycles. The zero-order valence-electron chi connectivity index (χ0n) is 16.4. The summed E-state index contributed by atoms with van der Waals surface area (Å²) in [5.74, 6) is -0.551. The lowest BCUT2D eigenvalue weighted by molar-refractivity contribution is 0.146. The number of pyridine rings is 1. The number of hydrogen-bond acceptors (Lipinski definition) is 5. The lowest BCUT2D eigenvalue weighted by Crippen LogP contribution is -2.34. The predicted octanol–water partition coefficient (Wildman–Crippen LogP) is 4.96. The van der Waals surface area contributed by atoms with E-state index in [0.29, 0.717) is 48.3 Å². The molecule has 1 fully saturated rings. The van der Waals surface area contributed by atoms with Gasteiger partial charge in [0.05, 0.1) is 28.7 Å². The normalized spacial score (nSPS) is 15.2. The van der Waals surface area contributed by atoms with Gasteiger partial charge >= 0.3 is 0 Å². The molecule has 9 heteroatoms. The van der Waals surface area contributed by atoms with Crippen LogP contribution in [0, 0.1) is 12.7 Å². The number of aromatic nitrogens is 3. The standard InChI is InChI=1S/C21H21F4N5/c1-12-19-17(9-15(11-26-19)30-7-5-14(22)6-8-30)21(29-28-12)27-10-13-3-2-4-16(18(13)23)20(24)25/h2-4,9,11,14,20H,5-8,10H2,1H3,(H,27,29). The summed E-state index contributed by atoms with van der Waals surface area (Å²) >= 11 is 0. The third kappa shape index (κ3) is 4.01. The molecule has 158 valence electrons. The Hall–Kier alpha value is -2.97.